The number of fused-ring (bicyclic) bond motifs is 3. The van der Waals surface area contributed by atoms with Crippen LogP contribution in [0.5, 0.6) is 0 Å². The number of ether oxygens (including phenoxy) is 1. The van der Waals surface area contributed by atoms with Gasteiger partial charge in [0.05, 0.1) is 6.54 Å². The lowest BCUT2D eigenvalue weighted by molar-refractivity contribution is -0.137. The molecule has 0 atom stereocenters. The Bertz CT molecular complexity index is 1180. The molecule has 4 rings (SSSR count). The molecule has 0 unspecified atom stereocenters. The molecular formula is C26H27N3O6. The summed E-state index contributed by atoms with van der Waals surface area (Å²) in [5.41, 5.74) is 4.61. The van der Waals surface area contributed by atoms with E-state index in [0.717, 1.165) is 28.6 Å². The maximum Gasteiger partial charge on any atom is 0.407 e. The Labute approximate surface area is 202 Å². The SMILES string of the molecule is CCN(CCCC(=O)O)C(=O)c1ncoc1CNC(=O)OCC1c2ccccc2-c2ccccc21. The van der Waals surface area contributed by atoms with Gasteiger partial charge in [-0.1, -0.05) is 48.5 Å². The first-order chi connectivity index (χ1) is 17.0. The van der Waals surface area contributed by atoms with Gasteiger partial charge in [0.1, 0.15) is 6.61 Å². The number of amides is 2. The first kappa shape index (κ1) is 24.0. The molecule has 35 heavy (non-hydrogen) atoms. The third-order valence-electron chi connectivity index (χ3n) is 6.07. The van der Waals surface area contributed by atoms with Gasteiger partial charge in [0, 0.05) is 25.4 Å². The van der Waals surface area contributed by atoms with E-state index in [1.165, 1.54) is 4.90 Å². The van der Waals surface area contributed by atoms with Crippen LogP contribution in [0.4, 0.5) is 4.79 Å². The maximum absolute atomic E-state index is 12.8. The van der Waals surface area contributed by atoms with Crippen molar-refractivity contribution in [2.45, 2.75) is 32.2 Å². The predicted molar refractivity (Wildman–Crippen MR) is 127 cm³/mol. The average Bonchev–Trinajstić information content (AvgIpc) is 3.46. The maximum atomic E-state index is 12.8. The molecule has 0 bridgehead atoms. The third kappa shape index (κ3) is 5.34. The first-order valence-electron chi connectivity index (χ1n) is 11.5. The van der Waals surface area contributed by atoms with Crippen molar-refractivity contribution in [3.63, 3.8) is 0 Å². The van der Waals surface area contributed by atoms with Gasteiger partial charge < -0.3 is 24.5 Å². The smallest absolute Gasteiger partial charge is 0.407 e. The second kappa shape index (κ2) is 10.9. The third-order valence-corrected chi connectivity index (χ3v) is 6.07. The van der Waals surface area contributed by atoms with Crippen LogP contribution in [0.15, 0.2) is 59.3 Å². The number of aliphatic carboxylic acids is 1. The molecule has 0 radical (unpaired) electrons. The number of hydrogen-bond acceptors (Lipinski definition) is 6. The fourth-order valence-corrected chi connectivity index (χ4v) is 4.35. The molecule has 0 spiro atoms. The fraction of sp³-hybridized carbons (Fsp3) is 0.308. The number of rotatable bonds is 10. The molecule has 2 aromatic carbocycles. The lowest BCUT2D eigenvalue weighted by Gasteiger charge is -2.19. The van der Waals surface area contributed by atoms with Gasteiger partial charge in [-0.05, 0) is 35.6 Å². The Balaban J connectivity index is 1.34. The van der Waals surface area contributed by atoms with Crippen molar-refractivity contribution in [1.29, 1.82) is 0 Å². The fourth-order valence-electron chi connectivity index (χ4n) is 4.35. The molecule has 0 saturated carbocycles. The summed E-state index contributed by atoms with van der Waals surface area (Å²) in [6.07, 6.45) is 0.821. The second-order valence-corrected chi connectivity index (χ2v) is 8.19. The Hall–Kier alpha value is -4.14. The van der Waals surface area contributed by atoms with E-state index >= 15 is 0 Å². The van der Waals surface area contributed by atoms with Gasteiger partial charge in [-0.2, -0.15) is 0 Å². The molecule has 0 saturated heterocycles. The molecular weight excluding hydrogens is 450 g/mol. The van der Waals surface area contributed by atoms with Gasteiger partial charge in [0.25, 0.3) is 5.91 Å². The molecule has 3 aromatic rings. The van der Waals surface area contributed by atoms with Gasteiger partial charge in [-0.15, -0.1) is 0 Å². The number of benzene rings is 2. The van der Waals surface area contributed by atoms with Crippen molar-refractivity contribution in [1.82, 2.24) is 15.2 Å². The van der Waals surface area contributed by atoms with Crippen LogP contribution in [0.1, 0.15) is 53.1 Å². The number of carbonyl (C=O) groups excluding carboxylic acids is 2. The van der Waals surface area contributed by atoms with E-state index in [1.54, 1.807) is 6.92 Å². The summed E-state index contributed by atoms with van der Waals surface area (Å²) in [4.78, 5) is 41.5. The van der Waals surface area contributed by atoms with Crippen molar-refractivity contribution < 1.29 is 28.6 Å². The Morgan fingerprint density at radius 1 is 1.09 bits per heavy atom. The number of nitrogens with one attached hydrogen (secondary N) is 1. The van der Waals surface area contributed by atoms with E-state index in [9.17, 15) is 14.4 Å². The highest BCUT2D eigenvalue weighted by Crippen LogP contribution is 2.44. The number of carboxylic acids is 1. The molecule has 0 fully saturated rings. The molecule has 1 heterocycles. The number of hydrogen-bond donors (Lipinski definition) is 2. The summed E-state index contributed by atoms with van der Waals surface area (Å²) in [6.45, 7) is 2.59. The van der Waals surface area contributed by atoms with Gasteiger partial charge in [0.2, 0.25) is 0 Å². The van der Waals surface area contributed by atoms with Crippen LogP contribution in [-0.2, 0) is 16.1 Å². The number of alkyl carbamates (subject to hydrolysis) is 1. The highest BCUT2D eigenvalue weighted by atomic mass is 16.5. The first-order valence-corrected chi connectivity index (χ1v) is 11.5. The normalized spacial score (nSPS) is 12.0. The molecule has 0 aliphatic heterocycles. The predicted octanol–water partition coefficient (Wildman–Crippen LogP) is 4.04. The zero-order valence-corrected chi connectivity index (χ0v) is 19.4. The van der Waals surface area contributed by atoms with Gasteiger partial charge in [-0.25, -0.2) is 9.78 Å². The van der Waals surface area contributed by atoms with E-state index in [2.05, 4.69) is 22.4 Å². The van der Waals surface area contributed by atoms with E-state index in [1.807, 2.05) is 36.4 Å². The van der Waals surface area contributed by atoms with Crippen molar-refractivity contribution in [3.8, 4) is 11.1 Å². The zero-order chi connectivity index (χ0) is 24.8. The number of carboxylic acid groups (broad SMARTS) is 1. The van der Waals surface area contributed by atoms with Crippen molar-refractivity contribution >= 4 is 18.0 Å². The van der Waals surface area contributed by atoms with Crippen molar-refractivity contribution in [3.05, 3.63) is 77.5 Å². The van der Waals surface area contributed by atoms with Gasteiger partial charge in [-0.3, -0.25) is 9.59 Å². The molecule has 2 amide bonds. The lowest BCUT2D eigenvalue weighted by atomic mass is 9.98. The van der Waals surface area contributed by atoms with Crippen LogP contribution in [0, 0.1) is 0 Å². The number of carbonyl (C=O) groups is 3. The Kier molecular flexibility index (Phi) is 7.45. The standard InChI is InChI=1S/C26H27N3O6/c1-2-29(13-7-12-23(30)31)25(32)24-22(35-16-28-24)14-27-26(33)34-15-21-19-10-5-3-8-17(19)18-9-4-6-11-20(18)21/h3-6,8-11,16,21H,2,7,12-15H2,1H3,(H,27,33)(H,30,31). The van der Waals surface area contributed by atoms with Gasteiger partial charge >= 0.3 is 12.1 Å². The quantitative estimate of drug-likeness (QED) is 0.452. The topological polar surface area (TPSA) is 122 Å². The summed E-state index contributed by atoms with van der Waals surface area (Å²) in [7, 11) is 0. The van der Waals surface area contributed by atoms with Crippen molar-refractivity contribution in [2.24, 2.45) is 0 Å². The highest BCUT2D eigenvalue weighted by molar-refractivity contribution is 5.93. The molecule has 1 aliphatic rings. The van der Waals surface area contributed by atoms with Crippen LogP contribution in [0.25, 0.3) is 11.1 Å². The Morgan fingerprint density at radius 3 is 2.37 bits per heavy atom. The van der Waals surface area contributed by atoms with Crippen LogP contribution >= 0.6 is 0 Å². The summed E-state index contributed by atoms with van der Waals surface area (Å²) in [5, 5.41) is 11.4. The van der Waals surface area contributed by atoms with E-state index in [-0.39, 0.29) is 49.4 Å². The van der Waals surface area contributed by atoms with Crippen LogP contribution < -0.4 is 5.32 Å². The van der Waals surface area contributed by atoms with Crippen LogP contribution in [0.3, 0.4) is 0 Å². The molecule has 9 nitrogen and oxygen atoms in total. The zero-order valence-electron chi connectivity index (χ0n) is 19.4. The monoisotopic (exact) mass is 477 g/mol. The van der Waals surface area contributed by atoms with Gasteiger partial charge in [0.15, 0.2) is 17.8 Å². The largest absolute Gasteiger partial charge is 0.481 e. The average molecular weight is 478 g/mol. The molecule has 9 heteroatoms. The van der Waals surface area contributed by atoms with Crippen molar-refractivity contribution in [2.75, 3.05) is 19.7 Å². The number of aromatic nitrogens is 1. The molecule has 1 aromatic heterocycles. The summed E-state index contributed by atoms with van der Waals surface area (Å²) < 4.78 is 10.8. The molecule has 2 N–H and O–H groups in total. The summed E-state index contributed by atoms with van der Waals surface area (Å²) in [6, 6.07) is 16.2. The number of oxazole rings is 1. The van der Waals surface area contributed by atoms with Crippen LogP contribution in [-0.4, -0.2) is 52.7 Å². The summed E-state index contributed by atoms with van der Waals surface area (Å²) >= 11 is 0. The minimum atomic E-state index is -0.914. The lowest BCUT2D eigenvalue weighted by Crippen LogP contribution is -2.33. The molecule has 1 aliphatic carbocycles. The second-order valence-electron chi connectivity index (χ2n) is 8.19. The van der Waals surface area contributed by atoms with E-state index < -0.39 is 12.1 Å². The van der Waals surface area contributed by atoms with E-state index in [4.69, 9.17) is 14.3 Å². The number of nitrogens with zero attached hydrogens (tertiary/aromatic N) is 2. The van der Waals surface area contributed by atoms with E-state index in [0.29, 0.717) is 13.0 Å². The minimum Gasteiger partial charge on any atom is -0.481 e. The Morgan fingerprint density at radius 2 is 1.74 bits per heavy atom. The molecule has 182 valence electrons. The summed E-state index contributed by atoms with van der Waals surface area (Å²) in [5.74, 6) is -1.14. The highest BCUT2D eigenvalue weighted by Gasteiger charge is 2.29. The van der Waals surface area contributed by atoms with Crippen LogP contribution in [0.2, 0.25) is 0 Å². The minimum absolute atomic E-state index is 0.0290.